The Morgan fingerprint density at radius 1 is 1.50 bits per heavy atom. The van der Waals surface area contributed by atoms with Gasteiger partial charge in [0.1, 0.15) is 0 Å². The van der Waals surface area contributed by atoms with Crippen molar-refractivity contribution >= 4 is 5.97 Å². The summed E-state index contributed by atoms with van der Waals surface area (Å²) in [6.45, 7) is 7.59. The molecule has 18 heavy (non-hydrogen) atoms. The molecule has 0 atom stereocenters. The van der Waals surface area contributed by atoms with E-state index in [0.717, 1.165) is 13.0 Å². The minimum atomic E-state index is -0.265. The summed E-state index contributed by atoms with van der Waals surface area (Å²) in [6.07, 6.45) is 0.798. The Hall–Kier alpha value is -1.43. The number of rotatable bonds is 7. The summed E-state index contributed by atoms with van der Waals surface area (Å²) < 4.78 is 9.79. The van der Waals surface area contributed by atoms with Crippen molar-refractivity contribution in [2.45, 2.75) is 33.7 Å². The maximum Gasteiger partial charge on any atom is 0.319 e. The summed E-state index contributed by atoms with van der Waals surface area (Å²) in [4.78, 5) is 17.4. The van der Waals surface area contributed by atoms with Gasteiger partial charge in [-0.3, -0.25) is 9.69 Å². The monoisotopic (exact) mass is 255 g/mol. The van der Waals surface area contributed by atoms with E-state index in [1.54, 1.807) is 0 Å². The van der Waals surface area contributed by atoms with Crippen LogP contribution in [0.4, 0.5) is 0 Å². The zero-order valence-electron chi connectivity index (χ0n) is 11.5. The molecule has 0 fully saturated rings. The summed E-state index contributed by atoms with van der Waals surface area (Å²) in [5.41, 5.74) is 0. The molecular weight excluding hydrogens is 234 g/mol. The highest BCUT2D eigenvalue weighted by Crippen LogP contribution is 2.07. The van der Waals surface area contributed by atoms with Gasteiger partial charge in [-0.1, -0.05) is 25.9 Å². The van der Waals surface area contributed by atoms with E-state index in [1.807, 2.05) is 11.8 Å². The van der Waals surface area contributed by atoms with Crippen LogP contribution in [0.5, 0.6) is 0 Å². The molecule has 1 aromatic heterocycles. The molecule has 0 saturated carbocycles. The maximum absolute atomic E-state index is 11.2. The molecule has 0 saturated heterocycles. The van der Waals surface area contributed by atoms with Crippen molar-refractivity contribution in [1.82, 2.24) is 15.0 Å². The lowest BCUT2D eigenvalue weighted by molar-refractivity contribution is -0.142. The molecule has 6 nitrogen and oxygen atoms in total. The smallest absolute Gasteiger partial charge is 0.319 e. The Labute approximate surface area is 107 Å². The summed E-state index contributed by atoms with van der Waals surface area (Å²) in [7, 11) is 1.38. The van der Waals surface area contributed by atoms with Crippen molar-refractivity contribution in [3.63, 3.8) is 0 Å². The van der Waals surface area contributed by atoms with Crippen LogP contribution in [0.15, 0.2) is 4.52 Å². The highest BCUT2D eigenvalue weighted by atomic mass is 16.5. The molecule has 0 radical (unpaired) electrons. The number of nitrogens with zero attached hydrogens (tertiary/aromatic N) is 3. The van der Waals surface area contributed by atoms with Gasteiger partial charge < -0.3 is 9.26 Å². The number of carbonyl (C=O) groups is 1. The lowest BCUT2D eigenvalue weighted by atomic mass is 10.1. The molecule has 0 aromatic carbocycles. The number of likely N-dealkylation sites (N-methyl/N-ethyl adjacent to an activating group) is 1. The Morgan fingerprint density at radius 3 is 2.78 bits per heavy atom. The molecule has 0 spiro atoms. The molecule has 0 aliphatic rings. The Balaban J connectivity index is 2.53. The number of ether oxygens (including phenoxy) is 1. The topological polar surface area (TPSA) is 68.5 Å². The van der Waals surface area contributed by atoms with E-state index in [0.29, 0.717) is 24.2 Å². The van der Waals surface area contributed by atoms with Gasteiger partial charge in [-0.2, -0.15) is 4.98 Å². The van der Waals surface area contributed by atoms with Crippen LogP contribution in [0.2, 0.25) is 0 Å². The predicted molar refractivity (Wildman–Crippen MR) is 65.8 cm³/mol. The van der Waals surface area contributed by atoms with E-state index in [2.05, 4.69) is 28.7 Å². The Morgan fingerprint density at radius 2 is 2.22 bits per heavy atom. The number of carbonyl (C=O) groups excluding carboxylic acids is 1. The van der Waals surface area contributed by atoms with Crippen molar-refractivity contribution in [2.24, 2.45) is 5.92 Å². The zero-order chi connectivity index (χ0) is 13.5. The van der Waals surface area contributed by atoms with Crippen molar-refractivity contribution < 1.29 is 14.1 Å². The average Bonchev–Trinajstić information content (AvgIpc) is 2.74. The van der Waals surface area contributed by atoms with Gasteiger partial charge in [-0.05, 0) is 12.5 Å². The van der Waals surface area contributed by atoms with E-state index in [9.17, 15) is 4.79 Å². The summed E-state index contributed by atoms with van der Waals surface area (Å²) in [5, 5.41) is 3.91. The van der Waals surface area contributed by atoms with Crippen LogP contribution in [0, 0.1) is 5.92 Å². The standard InChI is InChI=1S/C12H21N3O3/c1-5-15(8-12(16)17-4)7-11-13-10(14-18-11)6-9(2)3/h9H,5-8H2,1-4H3. The first kappa shape index (κ1) is 14.6. The third-order valence-corrected chi connectivity index (χ3v) is 2.49. The Kier molecular flexibility index (Phi) is 5.77. The highest BCUT2D eigenvalue weighted by molar-refractivity contribution is 5.71. The maximum atomic E-state index is 11.2. The van der Waals surface area contributed by atoms with E-state index in [-0.39, 0.29) is 12.5 Å². The molecule has 0 aliphatic heterocycles. The molecule has 1 rings (SSSR count). The van der Waals surface area contributed by atoms with Gasteiger partial charge in [0.15, 0.2) is 5.82 Å². The fraction of sp³-hybridized carbons (Fsp3) is 0.750. The fourth-order valence-corrected chi connectivity index (χ4v) is 1.52. The lowest BCUT2D eigenvalue weighted by Gasteiger charge is -2.15. The molecule has 0 bridgehead atoms. The second kappa shape index (κ2) is 7.10. The first-order valence-electron chi connectivity index (χ1n) is 6.15. The second-order valence-corrected chi connectivity index (χ2v) is 4.58. The van der Waals surface area contributed by atoms with Gasteiger partial charge in [0.05, 0.1) is 20.2 Å². The minimum absolute atomic E-state index is 0.231. The molecule has 6 heteroatoms. The summed E-state index contributed by atoms with van der Waals surface area (Å²) >= 11 is 0. The van der Waals surface area contributed by atoms with Crippen LogP contribution in [0.1, 0.15) is 32.5 Å². The third-order valence-electron chi connectivity index (χ3n) is 2.49. The third kappa shape index (κ3) is 4.83. The molecular formula is C12H21N3O3. The number of methoxy groups -OCH3 is 1. The van der Waals surface area contributed by atoms with E-state index in [4.69, 9.17) is 4.52 Å². The first-order valence-corrected chi connectivity index (χ1v) is 6.15. The van der Waals surface area contributed by atoms with Crippen LogP contribution in [0.25, 0.3) is 0 Å². The molecule has 1 heterocycles. The van der Waals surface area contributed by atoms with Gasteiger partial charge in [0.2, 0.25) is 5.89 Å². The van der Waals surface area contributed by atoms with Crippen LogP contribution in [0.3, 0.4) is 0 Å². The van der Waals surface area contributed by atoms with E-state index >= 15 is 0 Å². The number of hydrogen-bond donors (Lipinski definition) is 0. The van der Waals surface area contributed by atoms with E-state index < -0.39 is 0 Å². The van der Waals surface area contributed by atoms with Crippen LogP contribution in [-0.2, 0) is 22.5 Å². The van der Waals surface area contributed by atoms with Crippen molar-refractivity contribution in [3.8, 4) is 0 Å². The Bertz CT molecular complexity index is 376. The molecule has 0 unspecified atom stereocenters. The van der Waals surface area contributed by atoms with Gasteiger partial charge in [-0.15, -0.1) is 0 Å². The predicted octanol–water partition coefficient (Wildman–Crippen LogP) is 1.26. The SMILES string of the molecule is CCN(CC(=O)OC)Cc1nc(CC(C)C)no1. The normalized spacial score (nSPS) is 11.2. The highest BCUT2D eigenvalue weighted by Gasteiger charge is 2.14. The molecule has 1 aromatic rings. The number of hydrogen-bond acceptors (Lipinski definition) is 6. The quantitative estimate of drug-likeness (QED) is 0.683. The molecule has 0 aliphatic carbocycles. The van der Waals surface area contributed by atoms with Crippen LogP contribution in [-0.4, -0.2) is 41.2 Å². The van der Waals surface area contributed by atoms with Gasteiger partial charge >= 0.3 is 5.97 Å². The number of aromatic nitrogens is 2. The zero-order valence-corrected chi connectivity index (χ0v) is 11.5. The van der Waals surface area contributed by atoms with Crippen molar-refractivity contribution in [2.75, 3.05) is 20.2 Å². The summed E-state index contributed by atoms with van der Waals surface area (Å²) in [6, 6.07) is 0. The van der Waals surface area contributed by atoms with Gasteiger partial charge in [0, 0.05) is 6.42 Å². The lowest BCUT2D eigenvalue weighted by Crippen LogP contribution is -2.30. The minimum Gasteiger partial charge on any atom is -0.468 e. The largest absolute Gasteiger partial charge is 0.468 e. The van der Waals surface area contributed by atoms with E-state index in [1.165, 1.54) is 7.11 Å². The average molecular weight is 255 g/mol. The molecule has 0 N–H and O–H groups in total. The first-order chi connectivity index (χ1) is 8.55. The van der Waals surface area contributed by atoms with Crippen LogP contribution < -0.4 is 0 Å². The van der Waals surface area contributed by atoms with Crippen molar-refractivity contribution in [3.05, 3.63) is 11.7 Å². The van der Waals surface area contributed by atoms with Gasteiger partial charge in [-0.25, -0.2) is 0 Å². The van der Waals surface area contributed by atoms with Crippen molar-refractivity contribution in [1.29, 1.82) is 0 Å². The second-order valence-electron chi connectivity index (χ2n) is 4.58. The summed E-state index contributed by atoms with van der Waals surface area (Å²) in [5.74, 6) is 1.48. The van der Waals surface area contributed by atoms with Crippen LogP contribution >= 0.6 is 0 Å². The number of esters is 1. The fourth-order valence-electron chi connectivity index (χ4n) is 1.52. The van der Waals surface area contributed by atoms with Gasteiger partial charge in [0.25, 0.3) is 0 Å². The molecule has 102 valence electrons. The molecule has 0 amide bonds.